The standard InChI is InChI=1S/C16H18N4O9S.Na/c1-9-14(16(22)20(9)30(23,24)25)18-15(21)11(19-26-2)7-29-17-6-10-3-4-12-13(5-10)28-8-27-12;/h3-6,9,14H,7-8H2,1-2H3,(H,18,21)(H,23,24,25);/q;+1/p-1/b17-6-,19-11-;/t9-,14-;/m0./s1. The van der Waals surface area contributed by atoms with E-state index in [4.69, 9.17) is 18.9 Å². The average molecular weight is 464 g/mol. The van der Waals surface area contributed by atoms with E-state index < -0.39 is 40.8 Å². The first-order valence-corrected chi connectivity index (χ1v) is 9.83. The van der Waals surface area contributed by atoms with Crippen LogP contribution in [0.4, 0.5) is 0 Å². The average Bonchev–Trinajstić information content (AvgIpc) is 3.15. The van der Waals surface area contributed by atoms with Crippen LogP contribution < -0.4 is 44.1 Å². The number of amides is 1. The van der Waals surface area contributed by atoms with E-state index in [0.29, 0.717) is 17.1 Å². The van der Waals surface area contributed by atoms with Crippen LogP contribution in [0, 0.1) is 0 Å². The smallest absolute Gasteiger partial charge is 0.857 e. The maximum atomic E-state index is 12.3. The van der Waals surface area contributed by atoms with Crippen molar-refractivity contribution in [3.05, 3.63) is 23.8 Å². The van der Waals surface area contributed by atoms with Crippen LogP contribution in [0.15, 0.2) is 33.5 Å². The third-order valence-corrected chi connectivity index (χ3v) is 5.13. The molecular formula is C16H17N4NaO9S. The molecule has 2 heterocycles. The molecule has 1 aromatic carbocycles. The van der Waals surface area contributed by atoms with Gasteiger partial charge in [0.15, 0.2) is 24.1 Å². The number of oxime groups is 2. The van der Waals surface area contributed by atoms with Crippen molar-refractivity contribution < 1.29 is 71.6 Å². The van der Waals surface area contributed by atoms with Gasteiger partial charge in [0.2, 0.25) is 6.79 Å². The third kappa shape index (κ3) is 5.65. The zero-order valence-corrected chi connectivity index (χ0v) is 19.6. The van der Waals surface area contributed by atoms with Gasteiger partial charge in [0.1, 0.15) is 12.8 Å². The van der Waals surface area contributed by atoms with Gasteiger partial charge in [0.05, 0.1) is 12.3 Å². The fourth-order valence-corrected chi connectivity index (χ4v) is 3.57. The van der Waals surface area contributed by atoms with Crippen molar-refractivity contribution in [2.24, 2.45) is 15.3 Å². The number of rotatable bonds is 8. The number of nitrogens with zero attached hydrogens (tertiary/aromatic N) is 4. The van der Waals surface area contributed by atoms with Crippen LogP contribution in [0.5, 0.6) is 11.5 Å². The second-order valence-electron chi connectivity index (χ2n) is 6.07. The first kappa shape index (κ1) is 24.9. The van der Waals surface area contributed by atoms with Crippen LogP contribution in [0.25, 0.3) is 0 Å². The molecule has 1 amide bonds. The molecule has 2 aliphatic rings. The van der Waals surface area contributed by atoms with E-state index in [9.17, 15) is 18.3 Å². The molecule has 0 saturated carbocycles. The number of ether oxygens (including phenoxy) is 2. The van der Waals surface area contributed by atoms with E-state index in [-0.39, 0.29) is 46.4 Å². The van der Waals surface area contributed by atoms with Crippen molar-refractivity contribution in [2.75, 3.05) is 20.5 Å². The summed E-state index contributed by atoms with van der Waals surface area (Å²) < 4.78 is 41.8. The molecule has 1 aromatic rings. The topological polar surface area (TPSA) is 172 Å². The van der Waals surface area contributed by atoms with Crippen LogP contribution in [0.1, 0.15) is 12.5 Å². The van der Waals surface area contributed by atoms with Gasteiger partial charge in [-0.25, -0.2) is 4.31 Å². The van der Waals surface area contributed by atoms with E-state index in [1.165, 1.54) is 20.2 Å². The summed E-state index contributed by atoms with van der Waals surface area (Å²) in [7, 11) is -3.52. The Kier molecular flexibility index (Phi) is 8.25. The number of hydrogen-bond acceptors (Lipinski definition) is 11. The summed E-state index contributed by atoms with van der Waals surface area (Å²) >= 11 is 0. The molecule has 3 rings (SSSR count). The van der Waals surface area contributed by atoms with Crippen molar-refractivity contribution in [3.63, 3.8) is 0 Å². The Morgan fingerprint density at radius 3 is 2.74 bits per heavy atom. The largest absolute Gasteiger partial charge is 1.00 e. The van der Waals surface area contributed by atoms with Gasteiger partial charge in [-0.3, -0.25) is 14.3 Å². The minimum absolute atomic E-state index is 0. The molecule has 15 heteroatoms. The normalized spacial score (nSPS) is 21.0. The predicted octanol–water partition coefficient (Wildman–Crippen LogP) is -4.07. The SMILES string of the molecule is CO/N=C(/CO/N=C\c1ccc2c(c1)OCO2)C([O-])=N[C@@H]1C(=O)N(S(=O)(=O)O)[C@H]1C.[Na+]. The Hall–Kier alpha value is -2.39. The Labute approximate surface area is 199 Å². The molecule has 1 N–H and O–H groups in total. The Balaban J connectivity index is 0.00000341. The van der Waals surface area contributed by atoms with Crippen LogP contribution in [-0.2, 0) is 24.8 Å². The zero-order chi connectivity index (χ0) is 21.9. The Morgan fingerprint density at radius 2 is 2.10 bits per heavy atom. The third-order valence-electron chi connectivity index (χ3n) is 4.12. The van der Waals surface area contributed by atoms with Crippen molar-refractivity contribution in [3.8, 4) is 11.5 Å². The molecule has 1 fully saturated rings. The van der Waals surface area contributed by atoms with Gasteiger partial charge in [0.25, 0.3) is 5.91 Å². The van der Waals surface area contributed by atoms with Gasteiger partial charge < -0.3 is 24.3 Å². The van der Waals surface area contributed by atoms with Crippen molar-refractivity contribution in [1.82, 2.24) is 4.31 Å². The van der Waals surface area contributed by atoms with Gasteiger partial charge in [-0.15, -0.1) is 0 Å². The molecule has 0 unspecified atom stereocenters. The summed E-state index contributed by atoms with van der Waals surface area (Å²) in [5.41, 5.74) is 0.352. The monoisotopic (exact) mass is 464 g/mol. The summed E-state index contributed by atoms with van der Waals surface area (Å²) in [5.74, 6) is -0.804. The summed E-state index contributed by atoms with van der Waals surface area (Å²) in [6.07, 6.45) is 1.37. The van der Waals surface area contributed by atoms with Crippen LogP contribution in [0.3, 0.4) is 0 Å². The first-order valence-electron chi connectivity index (χ1n) is 8.43. The van der Waals surface area contributed by atoms with Crippen LogP contribution in [-0.4, -0.2) is 73.6 Å². The minimum atomic E-state index is -4.71. The molecule has 13 nitrogen and oxygen atoms in total. The van der Waals surface area contributed by atoms with Gasteiger partial charge in [-0.1, -0.05) is 10.3 Å². The van der Waals surface area contributed by atoms with Crippen molar-refractivity contribution in [1.29, 1.82) is 0 Å². The van der Waals surface area contributed by atoms with Crippen molar-refractivity contribution in [2.45, 2.75) is 19.0 Å². The van der Waals surface area contributed by atoms with Gasteiger partial charge in [0, 0.05) is 11.5 Å². The number of β-lactam (4-membered cyclic amide) rings is 1. The number of fused-ring (bicyclic) bond motifs is 1. The molecule has 0 aromatic heterocycles. The molecule has 0 bridgehead atoms. The van der Waals surface area contributed by atoms with Crippen LogP contribution in [0.2, 0.25) is 0 Å². The Bertz CT molecular complexity index is 1030. The number of carbonyl (C=O) groups is 1. The molecule has 2 atom stereocenters. The van der Waals surface area contributed by atoms with E-state index in [1.54, 1.807) is 18.2 Å². The second-order valence-corrected chi connectivity index (χ2v) is 7.36. The van der Waals surface area contributed by atoms with Crippen LogP contribution >= 0.6 is 0 Å². The van der Waals surface area contributed by atoms with Gasteiger partial charge in [-0.05, 0) is 25.1 Å². The summed E-state index contributed by atoms with van der Waals surface area (Å²) in [6.45, 7) is 1.03. The molecular weight excluding hydrogens is 447 g/mol. The summed E-state index contributed by atoms with van der Waals surface area (Å²) in [4.78, 5) is 25.0. The van der Waals surface area contributed by atoms with E-state index in [0.717, 1.165) is 0 Å². The first-order chi connectivity index (χ1) is 14.2. The molecule has 2 aliphatic heterocycles. The molecule has 0 radical (unpaired) electrons. The number of carbonyl (C=O) groups excluding carboxylic acids is 1. The molecule has 1 saturated heterocycles. The quantitative estimate of drug-likeness (QED) is 0.100. The molecule has 31 heavy (non-hydrogen) atoms. The maximum absolute atomic E-state index is 12.3. The fraction of sp³-hybridized carbons (Fsp3) is 0.375. The number of hydrogen-bond donors (Lipinski definition) is 1. The van der Waals surface area contributed by atoms with E-state index in [2.05, 4.69) is 20.1 Å². The second kappa shape index (κ2) is 10.3. The van der Waals surface area contributed by atoms with Gasteiger partial charge in [-0.2, -0.15) is 8.42 Å². The molecule has 162 valence electrons. The predicted molar refractivity (Wildman–Crippen MR) is 99.6 cm³/mol. The minimum Gasteiger partial charge on any atom is -0.857 e. The van der Waals surface area contributed by atoms with Crippen molar-refractivity contribution >= 4 is 34.0 Å². The number of benzene rings is 1. The van der Waals surface area contributed by atoms with E-state index >= 15 is 0 Å². The maximum Gasteiger partial charge on any atom is 1.00 e. The summed E-state index contributed by atoms with van der Waals surface area (Å²) in [6, 6.07) is 2.81. The van der Waals surface area contributed by atoms with E-state index in [1.807, 2.05) is 0 Å². The zero-order valence-electron chi connectivity index (χ0n) is 16.8. The van der Waals surface area contributed by atoms with Gasteiger partial charge >= 0.3 is 39.9 Å². The Morgan fingerprint density at radius 1 is 1.39 bits per heavy atom. The molecule has 0 spiro atoms. The fourth-order valence-electron chi connectivity index (χ4n) is 2.70. The summed E-state index contributed by atoms with van der Waals surface area (Å²) in [5, 5.41) is 19.5. The number of aliphatic imine (C=N–C) groups is 1. The molecule has 0 aliphatic carbocycles.